The number of aromatic nitrogens is 4. The fourth-order valence-corrected chi connectivity index (χ4v) is 23.1. The highest BCUT2D eigenvalue weighted by molar-refractivity contribution is 8.00. The Bertz CT molecular complexity index is 3760. The molecule has 3 aromatic heterocycles. The van der Waals surface area contributed by atoms with Crippen molar-refractivity contribution in [2.45, 2.75) is 9.79 Å². The minimum absolute atomic E-state index is 0.899. The van der Waals surface area contributed by atoms with Crippen LogP contribution in [0.3, 0.4) is 0 Å². The van der Waals surface area contributed by atoms with Crippen molar-refractivity contribution in [2.75, 3.05) is 0 Å². The van der Waals surface area contributed by atoms with Gasteiger partial charge in [-0.05, 0) is 90.0 Å². The smallest absolute Gasteiger partial charge is 0.181 e. The summed E-state index contributed by atoms with van der Waals surface area (Å²) in [6.45, 7) is 0. The van der Waals surface area contributed by atoms with Crippen LogP contribution in [0.5, 0.6) is 0 Å². The van der Waals surface area contributed by atoms with Gasteiger partial charge in [0.2, 0.25) is 0 Å². The lowest BCUT2D eigenvalue weighted by Gasteiger charge is -2.40. The number of imidazole rings is 1. The molecule has 0 saturated carbocycles. The monoisotopic (exact) mass is 920 g/mol. The molecule has 0 spiro atoms. The van der Waals surface area contributed by atoms with Gasteiger partial charge in [-0.15, -0.1) is 0 Å². The molecule has 9 aromatic carbocycles. The number of benzene rings is 9. The van der Waals surface area contributed by atoms with E-state index in [9.17, 15) is 0 Å². The second-order valence-electron chi connectivity index (χ2n) is 17.7. The van der Waals surface area contributed by atoms with Crippen molar-refractivity contribution in [1.29, 1.82) is 0 Å². The van der Waals surface area contributed by atoms with Crippen molar-refractivity contribution in [3.63, 3.8) is 0 Å². The molecule has 0 N–H and O–H groups in total. The summed E-state index contributed by atoms with van der Waals surface area (Å²) >= 11 is 1.91. The quantitative estimate of drug-likeness (QED) is 0.113. The first-order valence-electron chi connectivity index (χ1n) is 23.2. The van der Waals surface area contributed by atoms with Crippen molar-refractivity contribution in [2.24, 2.45) is 7.05 Å². The zero-order valence-electron chi connectivity index (χ0n) is 37.4. The third-order valence-corrected chi connectivity index (χ3v) is 25.4. The van der Waals surface area contributed by atoms with Crippen molar-refractivity contribution < 1.29 is 0 Å². The molecule has 1 aliphatic rings. The van der Waals surface area contributed by atoms with E-state index in [4.69, 9.17) is 9.97 Å². The maximum absolute atomic E-state index is 5.20. The lowest BCUT2D eigenvalue weighted by molar-refractivity contribution is 0.959. The lowest BCUT2D eigenvalue weighted by Crippen LogP contribution is -2.76. The zero-order chi connectivity index (χ0) is 45.2. The highest BCUT2D eigenvalue weighted by atomic mass is 32.2. The predicted octanol–water partition coefficient (Wildman–Crippen LogP) is 8.95. The number of fused-ring (bicyclic) bond motifs is 6. The van der Waals surface area contributed by atoms with E-state index >= 15 is 0 Å². The van der Waals surface area contributed by atoms with E-state index in [0.717, 1.165) is 39.3 Å². The van der Waals surface area contributed by atoms with Crippen LogP contribution in [-0.2, 0) is 7.05 Å². The molecule has 1 aliphatic heterocycles. The number of hydrogen-bond acceptors (Lipinski definition) is 3. The predicted molar refractivity (Wildman–Crippen MR) is 290 cm³/mol. The Morgan fingerprint density at radius 1 is 0.441 bits per heavy atom. The zero-order valence-corrected chi connectivity index (χ0v) is 40.2. The van der Waals surface area contributed by atoms with Crippen LogP contribution >= 0.6 is 11.8 Å². The van der Waals surface area contributed by atoms with Crippen LogP contribution in [0, 0.1) is 0 Å². The van der Waals surface area contributed by atoms with Crippen LogP contribution in [0.2, 0.25) is 0 Å². The Morgan fingerprint density at radius 3 is 1.74 bits per heavy atom. The van der Waals surface area contributed by atoms with Gasteiger partial charge in [-0.25, -0.2) is 9.97 Å². The molecule has 0 atom stereocenters. The van der Waals surface area contributed by atoms with Crippen LogP contribution in [-0.4, -0.2) is 35.2 Å². The van der Waals surface area contributed by atoms with Crippen molar-refractivity contribution in [3.05, 3.63) is 249 Å². The van der Waals surface area contributed by atoms with Gasteiger partial charge >= 0.3 is 0 Å². The van der Waals surface area contributed by atoms with Gasteiger partial charge in [0, 0.05) is 39.4 Å². The summed E-state index contributed by atoms with van der Waals surface area (Å²) in [6, 6.07) is 90.6. The minimum atomic E-state index is -3.06. The molecule has 7 heteroatoms. The van der Waals surface area contributed by atoms with Crippen LogP contribution in [0.15, 0.2) is 259 Å². The fourth-order valence-electron chi connectivity index (χ4n) is 11.4. The Kier molecular flexibility index (Phi) is 9.64. The standard InChI is InChI=1S/C61H44N4SSi2/c1-64-53-32-15-14-31-52(53)63-61(64)43-21-20-30-48(39-43)67(44-22-6-2-7-23-44,45-24-8-3-9-25-45)49-36-37-50-51-41-57-59(42-55(51)65(54(50)40-49)60-35-18-19-38-62-60)68(46-26-10-4-11-27-46,47-28-12-5-13-29-47)58-34-17-16-33-56(58)66-57/h2-42H,1H3. The maximum Gasteiger partial charge on any atom is 0.181 e. The molecule has 0 unspecified atom stereocenters. The van der Waals surface area contributed by atoms with E-state index in [0.29, 0.717) is 0 Å². The second-order valence-corrected chi connectivity index (χ2v) is 26.4. The van der Waals surface area contributed by atoms with Crippen LogP contribution in [0.1, 0.15) is 0 Å². The Labute approximate surface area is 401 Å². The highest BCUT2D eigenvalue weighted by Gasteiger charge is 2.48. The molecule has 4 heterocycles. The molecular weight excluding hydrogens is 877 g/mol. The summed E-state index contributed by atoms with van der Waals surface area (Å²) in [6.07, 6.45) is 1.92. The molecule has 0 aliphatic carbocycles. The van der Waals surface area contributed by atoms with Crippen LogP contribution < -0.4 is 41.5 Å². The number of nitrogens with zero attached hydrogens (tertiary/aromatic N) is 4. The largest absolute Gasteiger partial charge is 0.327 e. The highest BCUT2D eigenvalue weighted by Crippen LogP contribution is 2.39. The molecule has 322 valence electrons. The number of rotatable bonds is 8. The van der Waals surface area contributed by atoms with Gasteiger partial charge in [0.1, 0.15) is 11.6 Å². The summed E-state index contributed by atoms with van der Waals surface area (Å²) in [7, 11) is -3.77. The average Bonchev–Trinajstić information content (AvgIpc) is 3.92. The summed E-state index contributed by atoms with van der Waals surface area (Å²) in [5.41, 5.74) is 5.51. The van der Waals surface area contributed by atoms with Crippen molar-refractivity contribution >= 4 is 102 Å². The van der Waals surface area contributed by atoms with E-state index < -0.39 is 16.1 Å². The molecule has 68 heavy (non-hydrogen) atoms. The number of hydrogen-bond donors (Lipinski definition) is 0. The third-order valence-electron chi connectivity index (χ3n) is 14.3. The van der Waals surface area contributed by atoms with Gasteiger partial charge in [0.05, 0.1) is 22.1 Å². The first-order chi connectivity index (χ1) is 33.6. The molecule has 0 amide bonds. The Morgan fingerprint density at radius 2 is 1.04 bits per heavy atom. The molecule has 0 radical (unpaired) electrons. The number of aryl methyl sites for hydroxylation is 1. The van der Waals surface area contributed by atoms with Crippen LogP contribution in [0.25, 0.3) is 50.0 Å². The van der Waals surface area contributed by atoms with Gasteiger partial charge in [-0.1, -0.05) is 206 Å². The lowest BCUT2D eigenvalue weighted by atomic mass is 10.1. The van der Waals surface area contributed by atoms with Gasteiger partial charge in [0.25, 0.3) is 0 Å². The summed E-state index contributed by atoms with van der Waals surface area (Å²) < 4.78 is 4.67. The van der Waals surface area contributed by atoms with Crippen molar-refractivity contribution in [1.82, 2.24) is 19.1 Å². The first-order valence-corrected chi connectivity index (χ1v) is 28.0. The molecule has 4 nitrogen and oxygen atoms in total. The SMILES string of the molecule is Cn1c(-c2cccc([Si](c3ccccc3)(c3ccccc3)c3ccc4c5cc6c(cc5n(-c5ccccn5)c4c3)[Si](c3ccccc3)(c3ccccc3)c3ccccc3S6)c2)nc2ccccc21. The molecule has 13 rings (SSSR count). The summed E-state index contributed by atoms with van der Waals surface area (Å²) in [4.78, 5) is 13.0. The first kappa shape index (κ1) is 40.5. The average molecular weight is 921 g/mol. The number of pyridine rings is 1. The van der Waals surface area contributed by atoms with E-state index in [2.05, 4.69) is 253 Å². The molecular formula is C61H44N4SSi2. The molecule has 12 aromatic rings. The minimum Gasteiger partial charge on any atom is -0.327 e. The summed E-state index contributed by atoms with van der Waals surface area (Å²) in [5.74, 6) is 1.85. The van der Waals surface area contributed by atoms with E-state index in [-0.39, 0.29) is 0 Å². The normalized spacial score (nSPS) is 13.1. The Hall–Kier alpha value is -7.82. The van der Waals surface area contributed by atoms with Crippen molar-refractivity contribution in [3.8, 4) is 17.2 Å². The van der Waals surface area contributed by atoms with E-state index in [1.807, 2.05) is 24.0 Å². The third kappa shape index (κ3) is 6.06. The van der Waals surface area contributed by atoms with Crippen LogP contribution in [0.4, 0.5) is 0 Å². The van der Waals surface area contributed by atoms with Gasteiger partial charge in [-0.3, -0.25) is 4.57 Å². The maximum atomic E-state index is 5.20. The number of para-hydroxylation sites is 2. The molecule has 0 bridgehead atoms. The second kappa shape index (κ2) is 16.2. The topological polar surface area (TPSA) is 35.6 Å². The van der Waals surface area contributed by atoms with Gasteiger partial charge < -0.3 is 4.57 Å². The fraction of sp³-hybridized carbons (Fsp3) is 0.0164. The molecule has 0 saturated heterocycles. The van der Waals surface area contributed by atoms with Gasteiger partial charge in [0.15, 0.2) is 16.1 Å². The molecule has 0 fully saturated rings. The summed E-state index contributed by atoms with van der Waals surface area (Å²) in [5, 5.41) is 13.3. The van der Waals surface area contributed by atoms with E-state index in [1.54, 1.807) is 0 Å². The Balaban J connectivity index is 1.13. The van der Waals surface area contributed by atoms with E-state index in [1.165, 1.54) is 62.1 Å². The van der Waals surface area contributed by atoms with Gasteiger partial charge in [-0.2, -0.15) is 0 Å².